The molecule has 0 aromatic carbocycles. The number of nitrogens with one attached hydrogen (secondary N) is 1. The van der Waals surface area contributed by atoms with Crippen molar-refractivity contribution in [2.45, 2.75) is 0 Å². The lowest BCUT2D eigenvalue weighted by atomic mass is 10.1. The Morgan fingerprint density at radius 3 is 3.04 bits per heavy atom. The van der Waals surface area contributed by atoms with Gasteiger partial charge in [-0.15, -0.1) is 11.3 Å². The number of fused-ring (bicyclic) bond motifs is 1. The third kappa shape index (κ3) is 2.64. The van der Waals surface area contributed by atoms with Crippen molar-refractivity contribution >= 4 is 22.2 Å². The minimum Gasteiger partial charge on any atom is -0.438 e. The monoisotopic (exact) mass is 325 g/mol. The highest BCUT2D eigenvalue weighted by Gasteiger charge is 2.17. The minimum atomic E-state index is -0.0703. The molecule has 1 N–H and O–H groups in total. The lowest BCUT2D eigenvalue weighted by Crippen LogP contribution is -2.16. The van der Waals surface area contributed by atoms with Crippen LogP contribution in [0.5, 0.6) is 5.88 Å². The molecule has 0 aliphatic carbocycles. The first-order valence-electron chi connectivity index (χ1n) is 6.89. The summed E-state index contributed by atoms with van der Waals surface area (Å²) < 4.78 is 7.35. The molecular weight excluding hydrogens is 310 g/mol. The topological polar surface area (TPSA) is 59.9 Å². The van der Waals surface area contributed by atoms with Crippen molar-refractivity contribution in [1.82, 2.24) is 14.5 Å². The fourth-order valence-electron chi connectivity index (χ4n) is 2.31. The van der Waals surface area contributed by atoms with Crippen molar-refractivity contribution in [2.24, 2.45) is 7.05 Å². The summed E-state index contributed by atoms with van der Waals surface area (Å²) in [6, 6.07) is 1.88. The van der Waals surface area contributed by atoms with Crippen molar-refractivity contribution in [2.75, 3.05) is 0 Å². The SMILES string of the molecule is C=C/C=C(\C=C)Oc1ncsc1-c1cn(C)c(=O)c2[nH]ccc12. The number of hydrogen-bond donors (Lipinski definition) is 1. The van der Waals surface area contributed by atoms with Gasteiger partial charge in [-0.05, 0) is 18.2 Å². The second kappa shape index (κ2) is 6.10. The van der Waals surface area contributed by atoms with E-state index in [4.69, 9.17) is 4.74 Å². The third-order valence-corrected chi connectivity index (χ3v) is 4.21. The van der Waals surface area contributed by atoms with Gasteiger partial charge < -0.3 is 14.3 Å². The number of hydrogen-bond acceptors (Lipinski definition) is 4. The minimum absolute atomic E-state index is 0.0703. The number of nitrogens with zero attached hydrogens (tertiary/aromatic N) is 2. The second-order valence-electron chi connectivity index (χ2n) is 4.82. The predicted molar refractivity (Wildman–Crippen MR) is 93.8 cm³/mol. The standard InChI is InChI=1S/C17H15N3O2S/c1-4-6-11(5-2)22-16-15(23-10-19-16)13-9-20(3)17(21)14-12(13)7-8-18-14/h4-10,18H,1-2H2,3H3/b11-6+. The van der Waals surface area contributed by atoms with Crippen LogP contribution in [-0.2, 0) is 7.05 Å². The number of H-pyrrole nitrogens is 1. The Kier molecular flexibility index (Phi) is 3.99. The summed E-state index contributed by atoms with van der Waals surface area (Å²) in [6.45, 7) is 7.36. The highest BCUT2D eigenvalue weighted by atomic mass is 32.1. The van der Waals surface area contributed by atoms with Crippen LogP contribution in [0.1, 0.15) is 0 Å². The van der Waals surface area contributed by atoms with Gasteiger partial charge in [-0.1, -0.05) is 19.2 Å². The Morgan fingerprint density at radius 1 is 1.48 bits per heavy atom. The molecule has 0 atom stereocenters. The van der Waals surface area contributed by atoms with E-state index in [1.807, 2.05) is 6.07 Å². The van der Waals surface area contributed by atoms with Crippen LogP contribution in [-0.4, -0.2) is 14.5 Å². The second-order valence-corrected chi connectivity index (χ2v) is 5.68. The number of aryl methyl sites for hydroxylation is 1. The van der Waals surface area contributed by atoms with Crippen LogP contribution >= 0.6 is 11.3 Å². The van der Waals surface area contributed by atoms with Crippen molar-refractivity contribution in [3.05, 3.63) is 71.5 Å². The first kappa shape index (κ1) is 15.1. The molecule has 0 radical (unpaired) electrons. The summed E-state index contributed by atoms with van der Waals surface area (Å²) in [5.74, 6) is 1.03. The zero-order valence-electron chi connectivity index (χ0n) is 12.6. The first-order valence-corrected chi connectivity index (χ1v) is 7.77. The molecule has 0 saturated heterocycles. The van der Waals surface area contributed by atoms with Gasteiger partial charge in [0.25, 0.3) is 5.56 Å². The average molecular weight is 325 g/mol. The van der Waals surface area contributed by atoms with Crippen molar-refractivity contribution in [3.63, 3.8) is 0 Å². The number of thiazole rings is 1. The van der Waals surface area contributed by atoms with Crippen molar-refractivity contribution in [3.8, 4) is 16.3 Å². The maximum atomic E-state index is 12.2. The summed E-state index contributed by atoms with van der Waals surface area (Å²) >= 11 is 1.45. The van der Waals surface area contributed by atoms with Crippen LogP contribution in [0.3, 0.4) is 0 Å². The largest absolute Gasteiger partial charge is 0.438 e. The van der Waals surface area contributed by atoms with E-state index in [1.54, 1.807) is 47.7 Å². The van der Waals surface area contributed by atoms with Crippen LogP contribution in [0, 0.1) is 0 Å². The highest BCUT2D eigenvalue weighted by Crippen LogP contribution is 2.37. The van der Waals surface area contributed by atoms with Gasteiger partial charge in [-0.25, -0.2) is 4.98 Å². The third-order valence-electron chi connectivity index (χ3n) is 3.37. The summed E-state index contributed by atoms with van der Waals surface area (Å²) in [7, 11) is 1.72. The summed E-state index contributed by atoms with van der Waals surface area (Å²) in [4.78, 5) is 20.3. The molecule has 0 aliphatic heterocycles. The van der Waals surface area contributed by atoms with E-state index in [-0.39, 0.29) is 5.56 Å². The molecule has 0 bridgehead atoms. The number of rotatable bonds is 5. The molecule has 3 aromatic heterocycles. The maximum Gasteiger partial charge on any atom is 0.274 e. The molecule has 3 heterocycles. The van der Waals surface area contributed by atoms with E-state index in [0.717, 1.165) is 15.8 Å². The lowest BCUT2D eigenvalue weighted by molar-refractivity contribution is 0.431. The van der Waals surface area contributed by atoms with Gasteiger partial charge in [0.2, 0.25) is 5.88 Å². The smallest absolute Gasteiger partial charge is 0.274 e. The van der Waals surface area contributed by atoms with Gasteiger partial charge in [0.1, 0.15) is 16.2 Å². The molecule has 0 unspecified atom stereocenters. The van der Waals surface area contributed by atoms with Gasteiger partial charge in [0.15, 0.2) is 0 Å². The molecule has 23 heavy (non-hydrogen) atoms. The number of allylic oxidation sites excluding steroid dienone is 3. The molecule has 3 aromatic rings. The molecule has 0 amide bonds. The van der Waals surface area contributed by atoms with Crippen LogP contribution in [0.25, 0.3) is 21.3 Å². The van der Waals surface area contributed by atoms with Gasteiger partial charge in [0, 0.05) is 30.4 Å². The number of aromatic nitrogens is 3. The summed E-state index contributed by atoms with van der Waals surface area (Å²) in [5, 5.41) is 0.843. The first-order chi connectivity index (χ1) is 11.2. The maximum absolute atomic E-state index is 12.2. The van der Waals surface area contributed by atoms with Crippen LogP contribution < -0.4 is 10.3 Å². The van der Waals surface area contributed by atoms with Crippen molar-refractivity contribution in [1.29, 1.82) is 0 Å². The molecule has 116 valence electrons. The number of ether oxygens (including phenoxy) is 1. The molecule has 0 aliphatic rings. The van der Waals surface area contributed by atoms with E-state index >= 15 is 0 Å². The van der Waals surface area contributed by atoms with Gasteiger partial charge in [-0.2, -0.15) is 0 Å². The normalized spacial score (nSPS) is 11.6. The molecule has 6 heteroatoms. The average Bonchev–Trinajstić information content (AvgIpc) is 3.20. The zero-order chi connectivity index (χ0) is 16.4. The van der Waals surface area contributed by atoms with E-state index in [9.17, 15) is 4.79 Å². The Hall–Kier alpha value is -2.86. The molecule has 5 nitrogen and oxygen atoms in total. The Balaban J connectivity index is 2.16. The Labute approximate surface area is 136 Å². The van der Waals surface area contributed by atoms with Crippen LogP contribution in [0.4, 0.5) is 0 Å². The molecule has 0 saturated carbocycles. The molecule has 0 spiro atoms. The van der Waals surface area contributed by atoms with E-state index in [2.05, 4.69) is 23.1 Å². The van der Waals surface area contributed by atoms with Crippen molar-refractivity contribution < 1.29 is 4.74 Å². The van der Waals surface area contributed by atoms with E-state index in [0.29, 0.717) is 17.2 Å². The Morgan fingerprint density at radius 2 is 2.30 bits per heavy atom. The van der Waals surface area contributed by atoms with Crippen LogP contribution in [0.15, 0.2) is 65.9 Å². The zero-order valence-corrected chi connectivity index (χ0v) is 13.4. The lowest BCUT2D eigenvalue weighted by Gasteiger charge is -2.08. The predicted octanol–water partition coefficient (Wildman–Crippen LogP) is 3.62. The van der Waals surface area contributed by atoms with Gasteiger partial charge >= 0.3 is 0 Å². The molecule has 3 rings (SSSR count). The highest BCUT2D eigenvalue weighted by molar-refractivity contribution is 7.13. The fraction of sp³-hybridized carbons (Fsp3) is 0.0588. The summed E-state index contributed by atoms with van der Waals surface area (Å²) in [5.41, 5.74) is 3.10. The quantitative estimate of drug-likeness (QED) is 0.576. The molecular formula is C17H15N3O2S. The molecule has 0 fully saturated rings. The fourth-order valence-corrected chi connectivity index (χ4v) is 3.05. The van der Waals surface area contributed by atoms with E-state index < -0.39 is 0 Å². The number of aromatic amines is 1. The Bertz CT molecular complexity index is 975. The van der Waals surface area contributed by atoms with Crippen LogP contribution in [0.2, 0.25) is 0 Å². The van der Waals surface area contributed by atoms with Gasteiger partial charge in [-0.3, -0.25) is 4.79 Å². The summed E-state index contributed by atoms with van der Waals surface area (Å²) in [6.07, 6.45) is 8.48. The van der Waals surface area contributed by atoms with E-state index in [1.165, 1.54) is 11.3 Å². The number of pyridine rings is 1. The van der Waals surface area contributed by atoms with Gasteiger partial charge in [0.05, 0.1) is 5.51 Å².